The highest BCUT2D eigenvalue weighted by Crippen LogP contribution is 2.76. The number of carbonyl (C=O) groups is 1. The third kappa shape index (κ3) is 5.92. The van der Waals surface area contributed by atoms with Gasteiger partial charge in [-0.3, -0.25) is 4.79 Å². The van der Waals surface area contributed by atoms with Gasteiger partial charge in [0.05, 0.1) is 6.10 Å². The highest BCUT2D eigenvalue weighted by Gasteiger charge is 2.71. The Labute approximate surface area is 278 Å². The molecule has 2 unspecified atom stereocenters. The Bertz CT molecular complexity index is 1080. The second-order valence-corrected chi connectivity index (χ2v) is 18.8. The molecule has 3 nitrogen and oxygen atoms in total. The molecule has 0 aliphatic heterocycles. The summed E-state index contributed by atoms with van der Waals surface area (Å²) >= 11 is 0. The predicted molar refractivity (Wildman–Crippen MR) is 188 cm³/mol. The lowest BCUT2D eigenvalue weighted by Crippen LogP contribution is -2.69. The summed E-state index contributed by atoms with van der Waals surface area (Å²) in [6, 6.07) is 0. The van der Waals surface area contributed by atoms with Gasteiger partial charge in [-0.25, -0.2) is 0 Å². The maximum absolute atomic E-state index is 13.1. The summed E-state index contributed by atoms with van der Waals surface area (Å²) < 4.78 is 6.37. The van der Waals surface area contributed by atoms with E-state index in [2.05, 4.69) is 68.4 Å². The Morgan fingerprint density at radius 2 is 1.47 bits per heavy atom. The fraction of sp³-hybridized carbons (Fsp3) is 0.929. The van der Waals surface area contributed by atoms with Gasteiger partial charge in [-0.2, -0.15) is 0 Å². The van der Waals surface area contributed by atoms with Crippen molar-refractivity contribution in [1.82, 2.24) is 0 Å². The van der Waals surface area contributed by atoms with E-state index < -0.39 is 0 Å². The van der Waals surface area contributed by atoms with Crippen molar-refractivity contribution in [2.24, 2.45) is 56.7 Å². The van der Waals surface area contributed by atoms with Crippen LogP contribution in [0.1, 0.15) is 178 Å². The molecule has 0 bridgehead atoms. The largest absolute Gasteiger partial charge is 0.462 e. The van der Waals surface area contributed by atoms with Crippen molar-refractivity contribution in [3.63, 3.8) is 0 Å². The summed E-state index contributed by atoms with van der Waals surface area (Å²) in [5.74, 6) is 3.07. The Kier molecular flexibility index (Phi) is 10.4. The van der Waals surface area contributed by atoms with E-state index in [0.717, 1.165) is 32.1 Å². The molecule has 0 aromatic rings. The van der Waals surface area contributed by atoms with E-state index in [1.165, 1.54) is 77.0 Å². The predicted octanol–water partition coefficient (Wildman–Crippen LogP) is 11.5. The number of aliphatic hydroxyl groups excluding tert-OH is 1. The number of unbranched alkanes of at least 4 members (excludes halogenated alkanes) is 8. The molecule has 45 heavy (non-hydrogen) atoms. The molecule has 0 heterocycles. The molecule has 0 amide bonds. The van der Waals surface area contributed by atoms with Gasteiger partial charge >= 0.3 is 5.97 Å². The number of carbonyl (C=O) groups excluding carboxylic acids is 1. The molecule has 5 aliphatic rings. The summed E-state index contributed by atoms with van der Waals surface area (Å²) in [4.78, 5) is 13.1. The Hall–Kier alpha value is -0.830. The highest BCUT2D eigenvalue weighted by molar-refractivity contribution is 5.69. The number of aliphatic hydroxyl groups is 1. The van der Waals surface area contributed by atoms with Crippen LogP contribution in [0.4, 0.5) is 0 Å². The lowest BCUT2D eigenvalue weighted by Gasteiger charge is -2.74. The second kappa shape index (κ2) is 13.2. The van der Waals surface area contributed by atoms with Crippen molar-refractivity contribution in [3.8, 4) is 0 Å². The molecule has 258 valence electrons. The van der Waals surface area contributed by atoms with Gasteiger partial charge in [-0.1, -0.05) is 118 Å². The number of hydrogen-bond donors (Lipinski definition) is 1. The van der Waals surface area contributed by atoms with Gasteiger partial charge in [0.15, 0.2) is 0 Å². The molecule has 5 rings (SSSR count). The molecular weight excluding hydrogens is 552 g/mol. The van der Waals surface area contributed by atoms with Crippen LogP contribution >= 0.6 is 0 Å². The van der Waals surface area contributed by atoms with Crippen molar-refractivity contribution in [3.05, 3.63) is 11.6 Å². The van der Waals surface area contributed by atoms with Crippen LogP contribution in [0.5, 0.6) is 0 Å². The minimum absolute atomic E-state index is 0.00553. The van der Waals surface area contributed by atoms with Crippen LogP contribution in [-0.2, 0) is 9.53 Å². The first-order valence-electron chi connectivity index (χ1n) is 19.7. The Balaban J connectivity index is 1.24. The number of hydrogen-bond acceptors (Lipinski definition) is 3. The summed E-state index contributed by atoms with van der Waals surface area (Å²) in [6.45, 7) is 22.2. The zero-order valence-electron chi connectivity index (χ0n) is 31.1. The molecule has 0 spiro atoms. The number of fused-ring (bicyclic) bond motifs is 7. The topological polar surface area (TPSA) is 46.5 Å². The number of esters is 1. The van der Waals surface area contributed by atoms with Gasteiger partial charge in [0.1, 0.15) is 6.10 Å². The van der Waals surface area contributed by atoms with E-state index in [-0.39, 0.29) is 45.3 Å². The molecule has 3 heteroatoms. The summed E-state index contributed by atoms with van der Waals surface area (Å²) in [5, 5.41) is 11.9. The molecule has 0 saturated heterocycles. The van der Waals surface area contributed by atoms with Crippen molar-refractivity contribution in [2.75, 3.05) is 0 Å². The Morgan fingerprint density at radius 1 is 0.822 bits per heavy atom. The third-order valence-electron chi connectivity index (χ3n) is 16.3. The standard InChI is InChI=1S/C42H72O3/c1-10-11-12-13-14-15-16-17-18-19-36(44)45-35-24-26-39(6)32(38(35,4)5)23-27-41(8)33(39)21-20-31-37-30(3)29(2)22-25-40(37,7)34(43)28-42(31,41)9/h22,30-35,37,43H,10-21,23-28H2,1-9H3/t30-,31-,32+,33-,34?,35?,37-,39+,40-,41-,42-/m1/s1. The lowest BCUT2D eigenvalue weighted by molar-refractivity contribution is -0.268. The van der Waals surface area contributed by atoms with Gasteiger partial charge in [0.2, 0.25) is 0 Å². The maximum atomic E-state index is 13.1. The minimum Gasteiger partial charge on any atom is -0.462 e. The maximum Gasteiger partial charge on any atom is 0.306 e. The van der Waals surface area contributed by atoms with Gasteiger partial charge in [-0.15, -0.1) is 0 Å². The molecular formula is C42H72O3. The van der Waals surface area contributed by atoms with Crippen LogP contribution in [0.25, 0.3) is 0 Å². The summed E-state index contributed by atoms with van der Waals surface area (Å²) in [6.07, 6.45) is 23.5. The first-order valence-corrected chi connectivity index (χ1v) is 19.7. The van der Waals surface area contributed by atoms with E-state index in [9.17, 15) is 9.90 Å². The summed E-state index contributed by atoms with van der Waals surface area (Å²) in [7, 11) is 0. The minimum atomic E-state index is -0.228. The van der Waals surface area contributed by atoms with Crippen molar-refractivity contribution in [1.29, 1.82) is 0 Å². The van der Waals surface area contributed by atoms with Crippen molar-refractivity contribution >= 4 is 5.97 Å². The van der Waals surface area contributed by atoms with Crippen molar-refractivity contribution in [2.45, 2.75) is 190 Å². The summed E-state index contributed by atoms with van der Waals surface area (Å²) in [5.41, 5.74) is 2.18. The molecule has 11 atom stereocenters. The van der Waals surface area contributed by atoms with Gasteiger partial charge in [0, 0.05) is 17.3 Å². The first kappa shape index (κ1) is 35.5. The van der Waals surface area contributed by atoms with Crippen LogP contribution in [0, 0.1) is 56.7 Å². The average molecular weight is 625 g/mol. The van der Waals surface area contributed by atoms with E-state index in [0.29, 0.717) is 36.0 Å². The van der Waals surface area contributed by atoms with E-state index in [1.54, 1.807) is 5.57 Å². The lowest BCUT2D eigenvalue weighted by atomic mass is 9.31. The monoisotopic (exact) mass is 625 g/mol. The van der Waals surface area contributed by atoms with E-state index in [1.807, 2.05) is 0 Å². The normalized spacial score (nSPS) is 45.4. The van der Waals surface area contributed by atoms with E-state index >= 15 is 0 Å². The fourth-order valence-corrected chi connectivity index (χ4v) is 13.3. The quantitative estimate of drug-likeness (QED) is 0.141. The smallest absolute Gasteiger partial charge is 0.306 e. The molecule has 4 saturated carbocycles. The van der Waals surface area contributed by atoms with E-state index in [4.69, 9.17) is 4.74 Å². The zero-order valence-corrected chi connectivity index (χ0v) is 31.1. The average Bonchev–Trinajstić information content (AvgIpc) is 2.97. The van der Waals surface area contributed by atoms with Crippen LogP contribution in [0.15, 0.2) is 11.6 Å². The van der Waals surface area contributed by atoms with Gasteiger partial charge in [0.25, 0.3) is 0 Å². The van der Waals surface area contributed by atoms with Gasteiger partial charge in [-0.05, 0) is 111 Å². The molecule has 5 aliphatic carbocycles. The van der Waals surface area contributed by atoms with Gasteiger partial charge < -0.3 is 9.84 Å². The van der Waals surface area contributed by atoms with Crippen LogP contribution in [-0.4, -0.2) is 23.3 Å². The third-order valence-corrected chi connectivity index (χ3v) is 16.3. The number of ether oxygens (including phenoxy) is 1. The highest BCUT2D eigenvalue weighted by atomic mass is 16.5. The molecule has 0 aromatic carbocycles. The molecule has 0 aromatic heterocycles. The Morgan fingerprint density at radius 3 is 2.13 bits per heavy atom. The number of rotatable bonds is 11. The van der Waals surface area contributed by atoms with Crippen LogP contribution < -0.4 is 0 Å². The van der Waals surface area contributed by atoms with Crippen LogP contribution in [0.2, 0.25) is 0 Å². The fourth-order valence-electron chi connectivity index (χ4n) is 13.3. The molecule has 1 N–H and O–H groups in total. The number of allylic oxidation sites excluding steroid dienone is 2. The molecule has 0 radical (unpaired) electrons. The van der Waals surface area contributed by atoms with Crippen molar-refractivity contribution < 1.29 is 14.6 Å². The second-order valence-electron chi connectivity index (χ2n) is 18.8. The first-order chi connectivity index (χ1) is 21.2. The van der Waals surface area contributed by atoms with Crippen LogP contribution in [0.3, 0.4) is 0 Å². The SMILES string of the molecule is CCCCCCCCCCCC(=O)OC1CC[C@]2(C)[C@H]3CC[C@@H]4[C@H]5[C@H](C)C(C)=CC[C@]5(C)C(O)C[C@@]4(C)[C@]3(C)CC[C@H]2C1(C)C. The molecule has 4 fully saturated rings. The zero-order chi connectivity index (χ0) is 32.8.